The van der Waals surface area contributed by atoms with Crippen LogP contribution in [-0.2, 0) is 4.79 Å². The molecular formula is C16H23ClN2O2. The number of hydrogen-bond acceptors (Lipinski definition) is 3. The molecule has 5 heteroatoms. The Morgan fingerprint density at radius 2 is 2.24 bits per heavy atom. The average Bonchev–Trinajstić information content (AvgIpc) is 2.41. The van der Waals surface area contributed by atoms with Crippen LogP contribution in [0.1, 0.15) is 33.6 Å². The molecule has 0 aliphatic carbocycles. The lowest BCUT2D eigenvalue weighted by Crippen LogP contribution is -2.40. The van der Waals surface area contributed by atoms with E-state index in [9.17, 15) is 4.79 Å². The van der Waals surface area contributed by atoms with E-state index in [1.807, 2.05) is 19.9 Å². The molecule has 0 spiro atoms. The van der Waals surface area contributed by atoms with E-state index in [4.69, 9.17) is 16.3 Å². The van der Waals surface area contributed by atoms with Crippen molar-refractivity contribution < 1.29 is 9.53 Å². The zero-order chi connectivity index (χ0) is 15.4. The number of carbonyl (C=O) groups excluding carboxylic acids is 1. The average molecular weight is 311 g/mol. The van der Waals surface area contributed by atoms with Crippen LogP contribution in [0.2, 0.25) is 5.02 Å². The molecule has 4 nitrogen and oxygen atoms in total. The molecule has 2 atom stereocenters. The van der Waals surface area contributed by atoms with E-state index in [-0.39, 0.29) is 17.9 Å². The van der Waals surface area contributed by atoms with E-state index >= 15 is 0 Å². The standard InChI is InChI=1S/C16H23ClN2O2/c1-10(2)21-15-5-4-13(9-14(15)17)19-16(20)12-6-7-18-11(3)8-12/h4-5,9-12,18H,6-8H2,1-3H3,(H,19,20)/t11-,12-/m0/s1. The van der Waals surface area contributed by atoms with Crippen LogP contribution in [0.3, 0.4) is 0 Å². The summed E-state index contributed by atoms with van der Waals surface area (Å²) in [6.07, 6.45) is 1.81. The minimum atomic E-state index is 0.0617. The van der Waals surface area contributed by atoms with Crippen molar-refractivity contribution in [1.82, 2.24) is 5.32 Å². The maximum atomic E-state index is 12.3. The predicted octanol–water partition coefficient (Wildman–Crippen LogP) is 3.45. The molecule has 0 radical (unpaired) electrons. The number of nitrogens with one attached hydrogen (secondary N) is 2. The molecule has 0 bridgehead atoms. The predicted molar refractivity (Wildman–Crippen MR) is 86.0 cm³/mol. The Labute approximate surface area is 131 Å². The molecule has 1 amide bonds. The summed E-state index contributed by atoms with van der Waals surface area (Å²) < 4.78 is 5.58. The minimum absolute atomic E-state index is 0.0617. The number of carbonyl (C=O) groups is 1. The van der Waals surface area contributed by atoms with Crippen LogP contribution in [0.5, 0.6) is 5.75 Å². The van der Waals surface area contributed by atoms with Crippen LogP contribution >= 0.6 is 11.6 Å². The van der Waals surface area contributed by atoms with E-state index in [0.717, 1.165) is 19.4 Å². The van der Waals surface area contributed by atoms with Crippen molar-refractivity contribution in [1.29, 1.82) is 0 Å². The van der Waals surface area contributed by atoms with Crippen molar-refractivity contribution in [2.24, 2.45) is 5.92 Å². The Kier molecular flexibility index (Phi) is 5.48. The summed E-state index contributed by atoms with van der Waals surface area (Å²) in [6, 6.07) is 5.75. The quantitative estimate of drug-likeness (QED) is 0.895. The first kappa shape index (κ1) is 16.1. The zero-order valence-electron chi connectivity index (χ0n) is 12.8. The molecule has 1 aliphatic rings. The maximum absolute atomic E-state index is 12.3. The van der Waals surface area contributed by atoms with Crippen LogP contribution in [0.25, 0.3) is 0 Å². The Morgan fingerprint density at radius 3 is 2.86 bits per heavy atom. The number of piperidine rings is 1. The van der Waals surface area contributed by atoms with Crippen LogP contribution < -0.4 is 15.4 Å². The van der Waals surface area contributed by atoms with Gasteiger partial charge in [0.2, 0.25) is 5.91 Å². The summed E-state index contributed by atoms with van der Waals surface area (Å²) in [6.45, 7) is 6.89. The highest BCUT2D eigenvalue weighted by molar-refractivity contribution is 6.32. The first-order valence-electron chi connectivity index (χ1n) is 7.46. The summed E-state index contributed by atoms with van der Waals surface area (Å²) in [4.78, 5) is 12.3. The molecule has 1 fully saturated rings. The van der Waals surface area contributed by atoms with Gasteiger partial charge in [0.1, 0.15) is 5.75 Å². The van der Waals surface area contributed by atoms with E-state index in [0.29, 0.717) is 22.5 Å². The molecule has 1 aromatic rings. The van der Waals surface area contributed by atoms with Crippen LogP contribution in [0.15, 0.2) is 18.2 Å². The van der Waals surface area contributed by atoms with Gasteiger partial charge in [-0.2, -0.15) is 0 Å². The lowest BCUT2D eigenvalue weighted by atomic mass is 9.92. The van der Waals surface area contributed by atoms with Gasteiger partial charge in [-0.05, 0) is 58.4 Å². The molecule has 1 saturated heterocycles. The molecule has 2 rings (SSSR count). The minimum Gasteiger partial charge on any atom is -0.489 e. The normalized spacial score (nSPS) is 22.1. The number of hydrogen-bond donors (Lipinski definition) is 2. The van der Waals surface area contributed by atoms with E-state index < -0.39 is 0 Å². The largest absolute Gasteiger partial charge is 0.489 e. The fourth-order valence-electron chi connectivity index (χ4n) is 2.54. The van der Waals surface area contributed by atoms with Gasteiger partial charge in [-0.3, -0.25) is 4.79 Å². The molecular weight excluding hydrogens is 288 g/mol. The fourth-order valence-corrected chi connectivity index (χ4v) is 2.77. The second kappa shape index (κ2) is 7.14. The van der Waals surface area contributed by atoms with Crippen molar-refractivity contribution in [3.05, 3.63) is 23.2 Å². The van der Waals surface area contributed by atoms with Gasteiger partial charge in [-0.25, -0.2) is 0 Å². The number of halogens is 1. The molecule has 2 N–H and O–H groups in total. The molecule has 0 unspecified atom stereocenters. The Bertz CT molecular complexity index is 505. The first-order valence-corrected chi connectivity index (χ1v) is 7.84. The highest BCUT2D eigenvalue weighted by Gasteiger charge is 2.24. The molecule has 1 aliphatic heterocycles. The molecule has 0 aromatic heterocycles. The number of anilines is 1. The van der Waals surface area contributed by atoms with Gasteiger partial charge >= 0.3 is 0 Å². The van der Waals surface area contributed by atoms with E-state index in [1.54, 1.807) is 12.1 Å². The lowest BCUT2D eigenvalue weighted by Gasteiger charge is -2.27. The maximum Gasteiger partial charge on any atom is 0.227 e. The highest BCUT2D eigenvalue weighted by atomic mass is 35.5. The molecule has 21 heavy (non-hydrogen) atoms. The monoisotopic (exact) mass is 310 g/mol. The second-order valence-corrected chi connectivity index (χ2v) is 6.28. The fraction of sp³-hybridized carbons (Fsp3) is 0.562. The summed E-state index contributed by atoms with van der Waals surface area (Å²) in [5.41, 5.74) is 0.715. The van der Waals surface area contributed by atoms with Gasteiger partial charge in [-0.15, -0.1) is 0 Å². The van der Waals surface area contributed by atoms with Gasteiger partial charge in [0.15, 0.2) is 0 Å². The summed E-state index contributed by atoms with van der Waals surface area (Å²) in [7, 11) is 0. The van der Waals surface area contributed by atoms with Crippen molar-refractivity contribution in [2.75, 3.05) is 11.9 Å². The van der Waals surface area contributed by atoms with Gasteiger partial charge in [-0.1, -0.05) is 11.6 Å². The third-order valence-corrected chi connectivity index (χ3v) is 3.85. The van der Waals surface area contributed by atoms with Crippen molar-refractivity contribution >= 4 is 23.2 Å². The van der Waals surface area contributed by atoms with Crippen LogP contribution in [0, 0.1) is 5.92 Å². The van der Waals surface area contributed by atoms with Crippen LogP contribution in [-0.4, -0.2) is 24.6 Å². The zero-order valence-corrected chi connectivity index (χ0v) is 13.5. The van der Waals surface area contributed by atoms with Crippen molar-refractivity contribution in [3.8, 4) is 5.75 Å². The van der Waals surface area contributed by atoms with E-state index in [2.05, 4.69) is 17.6 Å². The summed E-state index contributed by atoms with van der Waals surface area (Å²) >= 11 is 6.18. The molecule has 0 saturated carbocycles. The lowest BCUT2D eigenvalue weighted by molar-refractivity contribution is -0.120. The molecule has 116 valence electrons. The van der Waals surface area contributed by atoms with Gasteiger partial charge in [0.05, 0.1) is 11.1 Å². The number of rotatable bonds is 4. The van der Waals surface area contributed by atoms with Crippen molar-refractivity contribution in [2.45, 2.75) is 45.8 Å². The smallest absolute Gasteiger partial charge is 0.227 e. The summed E-state index contributed by atoms with van der Waals surface area (Å²) in [5.74, 6) is 0.767. The molecule has 1 heterocycles. The van der Waals surface area contributed by atoms with Gasteiger partial charge < -0.3 is 15.4 Å². The van der Waals surface area contributed by atoms with Crippen molar-refractivity contribution in [3.63, 3.8) is 0 Å². The number of amides is 1. The number of ether oxygens (including phenoxy) is 1. The Balaban J connectivity index is 1.99. The Hall–Kier alpha value is -1.26. The van der Waals surface area contributed by atoms with Gasteiger partial charge in [0, 0.05) is 17.6 Å². The SMILES string of the molecule is CC(C)Oc1ccc(NC(=O)[C@H]2CCN[C@@H](C)C2)cc1Cl. The highest BCUT2D eigenvalue weighted by Crippen LogP contribution is 2.29. The number of benzene rings is 1. The first-order chi connectivity index (χ1) is 9.95. The van der Waals surface area contributed by atoms with E-state index in [1.165, 1.54) is 0 Å². The third kappa shape index (κ3) is 4.61. The third-order valence-electron chi connectivity index (χ3n) is 3.56. The summed E-state index contributed by atoms with van der Waals surface area (Å²) in [5, 5.41) is 6.81. The topological polar surface area (TPSA) is 50.4 Å². The second-order valence-electron chi connectivity index (χ2n) is 5.88. The molecule has 1 aromatic carbocycles. The van der Waals surface area contributed by atoms with Crippen LogP contribution in [0.4, 0.5) is 5.69 Å². The Morgan fingerprint density at radius 1 is 1.48 bits per heavy atom. The van der Waals surface area contributed by atoms with Gasteiger partial charge in [0.25, 0.3) is 0 Å².